The van der Waals surface area contributed by atoms with E-state index < -0.39 is 6.29 Å². The van der Waals surface area contributed by atoms with E-state index in [4.69, 9.17) is 9.47 Å². The van der Waals surface area contributed by atoms with E-state index in [0.717, 1.165) is 0 Å². The lowest BCUT2D eigenvalue weighted by Gasteiger charge is -2.03. The summed E-state index contributed by atoms with van der Waals surface area (Å²) >= 11 is 0. The molecular formula is C7H8N2O3. The number of aromatic amines is 1. The van der Waals surface area contributed by atoms with Crippen molar-refractivity contribution < 1.29 is 14.3 Å². The Hall–Kier alpha value is -1.20. The van der Waals surface area contributed by atoms with Crippen LogP contribution in [0.25, 0.3) is 0 Å². The molecule has 1 aromatic rings. The highest BCUT2D eigenvalue weighted by Crippen LogP contribution is 2.19. The fourth-order valence-corrected chi connectivity index (χ4v) is 1.05. The molecule has 0 saturated carbocycles. The Balaban J connectivity index is 2.16. The molecule has 64 valence electrons. The molecule has 1 fully saturated rings. The van der Waals surface area contributed by atoms with E-state index in [9.17, 15) is 4.79 Å². The first-order chi connectivity index (χ1) is 5.90. The smallest absolute Gasteiger partial charge is 0.217 e. The second-order valence-electron chi connectivity index (χ2n) is 2.42. The molecule has 1 aliphatic heterocycles. The number of nitrogens with one attached hydrogen (secondary N) is 1. The Morgan fingerprint density at radius 1 is 1.58 bits per heavy atom. The normalized spacial score (nSPS) is 18.3. The molecule has 0 aliphatic carbocycles. The molecule has 1 aliphatic rings. The third-order valence-corrected chi connectivity index (χ3v) is 1.59. The Kier molecular flexibility index (Phi) is 1.89. The highest BCUT2D eigenvalue weighted by atomic mass is 16.7. The number of nitrogens with zero attached hydrogens (tertiary/aromatic N) is 1. The Labute approximate surface area is 68.7 Å². The molecule has 1 aromatic heterocycles. The summed E-state index contributed by atoms with van der Waals surface area (Å²) in [6, 6.07) is 0. The largest absolute Gasteiger partial charge is 0.343 e. The molecule has 1 saturated heterocycles. The Morgan fingerprint density at radius 2 is 2.33 bits per heavy atom. The van der Waals surface area contributed by atoms with Crippen LogP contribution in [0.2, 0.25) is 0 Å². The number of hydrogen-bond donors (Lipinski definition) is 1. The molecule has 0 atom stereocenters. The zero-order chi connectivity index (χ0) is 8.39. The summed E-state index contributed by atoms with van der Waals surface area (Å²) in [6.45, 7) is 1.14. The summed E-state index contributed by atoms with van der Waals surface area (Å²) in [5, 5.41) is 0. The average molecular weight is 168 g/mol. The van der Waals surface area contributed by atoms with Crippen molar-refractivity contribution in [3.63, 3.8) is 0 Å². The number of rotatable bonds is 2. The van der Waals surface area contributed by atoms with Crippen molar-refractivity contribution in [1.29, 1.82) is 0 Å². The van der Waals surface area contributed by atoms with Gasteiger partial charge in [-0.25, -0.2) is 4.98 Å². The molecule has 2 rings (SSSR count). The van der Waals surface area contributed by atoms with Crippen LogP contribution >= 0.6 is 0 Å². The van der Waals surface area contributed by atoms with E-state index in [1.807, 2.05) is 0 Å². The summed E-state index contributed by atoms with van der Waals surface area (Å²) in [6.07, 6.45) is 1.72. The molecule has 0 unspecified atom stereocenters. The van der Waals surface area contributed by atoms with Gasteiger partial charge in [0, 0.05) is 0 Å². The maximum atomic E-state index is 10.3. The van der Waals surface area contributed by atoms with Gasteiger partial charge in [0.05, 0.1) is 25.1 Å². The maximum Gasteiger partial charge on any atom is 0.217 e. The second kappa shape index (κ2) is 3.04. The van der Waals surface area contributed by atoms with Gasteiger partial charge in [0.15, 0.2) is 12.1 Å². The monoisotopic (exact) mass is 168 g/mol. The molecule has 1 N–H and O–H groups in total. The van der Waals surface area contributed by atoms with Gasteiger partial charge in [0.1, 0.15) is 0 Å². The number of ether oxygens (including phenoxy) is 2. The van der Waals surface area contributed by atoms with E-state index in [-0.39, 0.29) is 0 Å². The quantitative estimate of drug-likeness (QED) is 0.643. The average Bonchev–Trinajstić information content (AvgIpc) is 2.75. The summed E-state index contributed by atoms with van der Waals surface area (Å²) < 4.78 is 10.3. The molecule has 0 bridgehead atoms. The first-order valence-electron chi connectivity index (χ1n) is 3.63. The molecular weight excluding hydrogens is 160 g/mol. The molecule has 0 amide bonds. The SMILES string of the molecule is O=Cc1cnc(C2OCCO2)[nH]1. The number of aromatic nitrogens is 2. The van der Waals surface area contributed by atoms with Crippen molar-refractivity contribution in [2.75, 3.05) is 13.2 Å². The number of imidazole rings is 1. The lowest BCUT2D eigenvalue weighted by molar-refractivity contribution is -0.0501. The summed E-state index contributed by atoms with van der Waals surface area (Å²) in [7, 11) is 0. The summed E-state index contributed by atoms with van der Waals surface area (Å²) in [5.74, 6) is 0.551. The van der Waals surface area contributed by atoms with Gasteiger partial charge in [0.2, 0.25) is 6.29 Å². The van der Waals surface area contributed by atoms with Crippen LogP contribution in [0.5, 0.6) is 0 Å². The van der Waals surface area contributed by atoms with Crippen LogP contribution in [0.4, 0.5) is 0 Å². The van der Waals surface area contributed by atoms with Crippen molar-refractivity contribution in [3.05, 3.63) is 17.7 Å². The van der Waals surface area contributed by atoms with Crippen LogP contribution < -0.4 is 0 Å². The molecule has 0 radical (unpaired) electrons. The van der Waals surface area contributed by atoms with Gasteiger partial charge in [-0.05, 0) is 0 Å². The first-order valence-corrected chi connectivity index (χ1v) is 3.63. The third kappa shape index (κ3) is 1.24. The standard InChI is InChI=1S/C7H8N2O3/c10-4-5-3-8-6(9-5)7-11-1-2-12-7/h3-4,7H,1-2H2,(H,8,9). The number of H-pyrrole nitrogens is 1. The van der Waals surface area contributed by atoms with Crippen molar-refractivity contribution >= 4 is 6.29 Å². The van der Waals surface area contributed by atoms with Gasteiger partial charge in [-0.15, -0.1) is 0 Å². The van der Waals surface area contributed by atoms with Crippen molar-refractivity contribution in [1.82, 2.24) is 9.97 Å². The van der Waals surface area contributed by atoms with Crippen LogP contribution in [0.3, 0.4) is 0 Å². The van der Waals surface area contributed by atoms with Gasteiger partial charge in [0.25, 0.3) is 0 Å². The zero-order valence-corrected chi connectivity index (χ0v) is 6.32. The van der Waals surface area contributed by atoms with Gasteiger partial charge >= 0.3 is 0 Å². The van der Waals surface area contributed by atoms with E-state index in [0.29, 0.717) is 31.0 Å². The van der Waals surface area contributed by atoms with Crippen LogP contribution in [-0.4, -0.2) is 29.5 Å². The maximum absolute atomic E-state index is 10.3. The second-order valence-corrected chi connectivity index (χ2v) is 2.42. The topological polar surface area (TPSA) is 64.2 Å². The number of hydrogen-bond acceptors (Lipinski definition) is 4. The fourth-order valence-electron chi connectivity index (χ4n) is 1.05. The number of carbonyl (C=O) groups excluding carboxylic acids is 1. The van der Waals surface area contributed by atoms with Gasteiger partial charge in [-0.3, -0.25) is 4.79 Å². The van der Waals surface area contributed by atoms with E-state index in [1.54, 1.807) is 0 Å². The lowest BCUT2D eigenvalue weighted by Crippen LogP contribution is -2.00. The van der Waals surface area contributed by atoms with Gasteiger partial charge in [-0.1, -0.05) is 0 Å². The Morgan fingerprint density at radius 3 is 2.92 bits per heavy atom. The fraction of sp³-hybridized carbons (Fsp3) is 0.429. The van der Waals surface area contributed by atoms with Crippen LogP contribution in [0, 0.1) is 0 Å². The van der Waals surface area contributed by atoms with Crippen LogP contribution in [0.15, 0.2) is 6.20 Å². The van der Waals surface area contributed by atoms with E-state index in [1.165, 1.54) is 6.20 Å². The van der Waals surface area contributed by atoms with Crippen LogP contribution in [0.1, 0.15) is 22.6 Å². The van der Waals surface area contributed by atoms with Crippen molar-refractivity contribution in [2.45, 2.75) is 6.29 Å². The highest BCUT2D eigenvalue weighted by Gasteiger charge is 2.20. The Bertz CT molecular complexity index is 278. The van der Waals surface area contributed by atoms with Crippen LogP contribution in [-0.2, 0) is 9.47 Å². The predicted molar refractivity (Wildman–Crippen MR) is 38.6 cm³/mol. The first kappa shape index (κ1) is 7.45. The summed E-state index contributed by atoms with van der Waals surface area (Å²) in [5.41, 5.74) is 0.434. The molecule has 0 aromatic carbocycles. The number of carbonyl (C=O) groups is 1. The minimum atomic E-state index is -0.432. The number of aldehydes is 1. The minimum absolute atomic E-state index is 0.432. The lowest BCUT2D eigenvalue weighted by atomic mass is 10.5. The zero-order valence-electron chi connectivity index (χ0n) is 6.32. The molecule has 5 nitrogen and oxygen atoms in total. The van der Waals surface area contributed by atoms with Gasteiger partial charge < -0.3 is 14.5 Å². The molecule has 0 spiro atoms. The molecule has 2 heterocycles. The van der Waals surface area contributed by atoms with Gasteiger partial charge in [-0.2, -0.15) is 0 Å². The van der Waals surface area contributed by atoms with Crippen molar-refractivity contribution in [2.24, 2.45) is 0 Å². The molecule has 5 heteroatoms. The van der Waals surface area contributed by atoms with E-state index in [2.05, 4.69) is 9.97 Å². The third-order valence-electron chi connectivity index (χ3n) is 1.59. The van der Waals surface area contributed by atoms with E-state index >= 15 is 0 Å². The molecule has 12 heavy (non-hydrogen) atoms. The minimum Gasteiger partial charge on any atom is -0.343 e. The highest BCUT2D eigenvalue weighted by molar-refractivity contribution is 5.71. The predicted octanol–water partition coefficient (Wildman–Crippen LogP) is 0.268. The van der Waals surface area contributed by atoms with Crippen molar-refractivity contribution in [3.8, 4) is 0 Å². The summed E-state index contributed by atoms with van der Waals surface area (Å²) in [4.78, 5) is 17.0.